The highest BCUT2D eigenvalue weighted by molar-refractivity contribution is 7.92. The number of methoxy groups -OCH3 is 1. The zero-order valence-corrected chi connectivity index (χ0v) is 25.8. The van der Waals surface area contributed by atoms with E-state index in [1.54, 1.807) is 25.9 Å². The van der Waals surface area contributed by atoms with Crippen LogP contribution in [0.5, 0.6) is 5.75 Å². The highest BCUT2D eigenvalue weighted by atomic mass is 32.2. The van der Waals surface area contributed by atoms with Crippen LogP contribution in [0.25, 0.3) is 0 Å². The number of hydrogen-bond donors (Lipinski definition) is 0. The van der Waals surface area contributed by atoms with Gasteiger partial charge in [-0.3, -0.25) is 4.79 Å². The number of sulfone groups is 1. The maximum Gasteiger partial charge on any atom is 0.416 e. The molecule has 1 saturated heterocycles. The highest BCUT2D eigenvalue weighted by Crippen LogP contribution is 2.42. The average Bonchev–Trinajstić information content (AvgIpc) is 2.85. The molecule has 0 aromatic heterocycles. The Balaban J connectivity index is 1.87. The van der Waals surface area contributed by atoms with E-state index in [9.17, 15) is 26.4 Å². The summed E-state index contributed by atoms with van der Waals surface area (Å²) in [5.74, 6) is 0.315. The summed E-state index contributed by atoms with van der Waals surface area (Å²) in [6, 6.07) is 7.70. The Hall–Kier alpha value is -2.55. The second kappa shape index (κ2) is 10.7. The Kier molecular flexibility index (Phi) is 8.55. The summed E-state index contributed by atoms with van der Waals surface area (Å²) in [6.45, 7) is 16.3. The van der Waals surface area contributed by atoms with Crippen LogP contribution in [-0.2, 0) is 26.8 Å². The minimum atomic E-state index is -4.64. The van der Waals surface area contributed by atoms with E-state index in [0.717, 1.165) is 29.0 Å². The van der Waals surface area contributed by atoms with E-state index in [4.69, 9.17) is 4.74 Å². The van der Waals surface area contributed by atoms with Crippen LogP contribution in [0, 0.1) is 5.92 Å². The van der Waals surface area contributed by atoms with Crippen molar-refractivity contribution in [3.05, 3.63) is 58.7 Å². The molecule has 222 valence electrons. The number of rotatable bonds is 5. The first kappa shape index (κ1) is 32.0. The topological polar surface area (TPSA) is 63.7 Å². The molecule has 1 amide bonds. The van der Waals surface area contributed by atoms with Gasteiger partial charge in [0, 0.05) is 29.8 Å². The standard InChI is InChI=1S/C31H42F3NO4S/c1-28(2,3)24-17-20(18-25(26(24)39-9)29(4,5)6)27(36)35-15-13-21(14-16-35)30(7,8)40(37,38)23-12-10-11-22(19-23)31(32,33)34/h10-12,17-19,21H,13-16H2,1-9H3. The van der Waals surface area contributed by atoms with Crippen molar-refractivity contribution >= 4 is 15.7 Å². The molecule has 0 aliphatic carbocycles. The molecule has 1 fully saturated rings. The quantitative estimate of drug-likeness (QED) is 0.369. The fourth-order valence-electron chi connectivity index (χ4n) is 5.41. The molecule has 1 aliphatic heterocycles. The van der Waals surface area contributed by atoms with E-state index in [1.807, 2.05) is 12.1 Å². The van der Waals surface area contributed by atoms with Crippen molar-refractivity contribution in [1.82, 2.24) is 4.90 Å². The minimum Gasteiger partial charge on any atom is -0.496 e. The number of ether oxygens (including phenoxy) is 1. The van der Waals surface area contributed by atoms with Crippen LogP contribution in [0.15, 0.2) is 41.3 Å². The number of amides is 1. The van der Waals surface area contributed by atoms with Gasteiger partial charge < -0.3 is 9.64 Å². The number of alkyl halides is 3. The predicted octanol–water partition coefficient (Wildman–Crippen LogP) is 7.41. The number of carbonyl (C=O) groups is 1. The fraction of sp³-hybridized carbons (Fsp3) is 0.581. The zero-order chi connectivity index (χ0) is 30.5. The molecule has 0 atom stereocenters. The Morgan fingerprint density at radius 3 is 1.80 bits per heavy atom. The normalized spacial score (nSPS) is 16.2. The van der Waals surface area contributed by atoms with Gasteiger partial charge in [0.15, 0.2) is 9.84 Å². The third kappa shape index (κ3) is 6.19. The molecular formula is C31H42F3NO4S. The van der Waals surface area contributed by atoms with Gasteiger partial charge in [0.2, 0.25) is 0 Å². The molecule has 0 bridgehead atoms. The lowest BCUT2D eigenvalue weighted by Crippen LogP contribution is -2.47. The highest BCUT2D eigenvalue weighted by Gasteiger charge is 2.45. The van der Waals surface area contributed by atoms with E-state index in [-0.39, 0.29) is 27.6 Å². The molecule has 0 radical (unpaired) electrons. The van der Waals surface area contributed by atoms with Gasteiger partial charge in [0.05, 0.1) is 22.3 Å². The molecule has 0 unspecified atom stereocenters. The molecule has 0 saturated carbocycles. The number of carbonyl (C=O) groups excluding carboxylic acids is 1. The minimum absolute atomic E-state index is 0.129. The predicted molar refractivity (Wildman–Crippen MR) is 152 cm³/mol. The maximum absolute atomic E-state index is 13.7. The Morgan fingerprint density at radius 2 is 1.38 bits per heavy atom. The van der Waals surface area contributed by atoms with Crippen LogP contribution in [-0.4, -0.2) is 44.2 Å². The summed E-state index contributed by atoms with van der Waals surface area (Å²) in [4.78, 5) is 15.1. The van der Waals surface area contributed by atoms with Gasteiger partial charge in [-0.1, -0.05) is 47.6 Å². The first-order chi connectivity index (χ1) is 18.1. The van der Waals surface area contributed by atoms with Crippen LogP contribution >= 0.6 is 0 Å². The summed E-state index contributed by atoms with van der Waals surface area (Å²) < 4.78 is 71.3. The lowest BCUT2D eigenvalue weighted by molar-refractivity contribution is -0.137. The number of benzene rings is 2. The van der Waals surface area contributed by atoms with E-state index in [0.29, 0.717) is 37.6 Å². The maximum atomic E-state index is 13.7. The second-order valence-electron chi connectivity index (χ2n) is 13.3. The van der Waals surface area contributed by atoms with Gasteiger partial charge in [-0.25, -0.2) is 8.42 Å². The molecule has 3 rings (SSSR count). The first-order valence-electron chi connectivity index (χ1n) is 13.6. The van der Waals surface area contributed by atoms with Gasteiger partial charge in [-0.05, 0) is 73.8 Å². The third-order valence-corrected chi connectivity index (χ3v) is 10.7. The van der Waals surface area contributed by atoms with Crippen molar-refractivity contribution in [3.8, 4) is 5.75 Å². The summed E-state index contributed by atoms with van der Waals surface area (Å²) in [7, 11) is -2.44. The zero-order valence-electron chi connectivity index (χ0n) is 25.0. The average molecular weight is 582 g/mol. The summed E-state index contributed by atoms with van der Waals surface area (Å²) in [5, 5.41) is 0. The first-order valence-corrected chi connectivity index (χ1v) is 15.0. The van der Waals surface area contributed by atoms with E-state index < -0.39 is 26.3 Å². The molecule has 1 aliphatic rings. The molecule has 0 spiro atoms. The number of halogens is 3. The molecule has 2 aromatic carbocycles. The van der Waals surface area contributed by atoms with Crippen molar-refractivity contribution in [2.75, 3.05) is 20.2 Å². The number of piperidine rings is 1. The molecule has 9 heteroatoms. The van der Waals surface area contributed by atoms with E-state index in [1.165, 1.54) is 6.07 Å². The Morgan fingerprint density at radius 1 is 0.875 bits per heavy atom. The number of nitrogens with zero attached hydrogens (tertiary/aromatic N) is 1. The van der Waals surface area contributed by atoms with Crippen molar-refractivity contribution in [3.63, 3.8) is 0 Å². The number of likely N-dealkylation sites (tertiary alicyclic amines) is 1. The van der Waals surface area contributed by atoms with Gasteiger partial charge >= 0.3 is 6.18 Å². The Labute approximate surface area is 237 Å². The summed E-state index contributed by atoms with van der Waals surface area (Å²) in [5.41, 5.74) is 0.911. The second-order valence-corrected chi connectivity index (χ2v) is 15.8. The van der Waals surface area contributed by atoms with Crippen LogP contribution in [0.3, 0.4) is 0 Å². The van der Waals surface area contributed by atoms with Crippen LogP contribution < -0.4 is 4.74 Å². The monoisotopic (exact) mass is 581 g/mol. The Bertz CT molecular complexity index is 1320. The fourth-order valence-corrected chi connectivity index (χ4v) is 7.23. The van der Waals surface area contributed by atoms with E-state index in [2.05, 4.69) is 41.5 Å². The van der Waals surface area contributed by atoms with Crippen LogP contribution in [0.2, 0.25) is 0 Å². The van der Waals surface area contributed by atoms with Crippen molar-refractivity contribution in [1.29, 1.82) is 0 Å². The van der Waals surface area contributed by atoms with Crippen molar-refractivity contribution in [2.45, 2.75) is 94.9 Å². The molecule has 1 heterocycles. The summed E-state index contributed by atoms with van der Waals surface area (Å²) in [6.07, 6.45) is -3.79. The van der Waals surface area contributed by atoms with Crippen molar-refractivity contribution in [2.24, 2.45) is 5.92 Å². The smallest absolute Gasteiger partial charge is 0.416 e. The van der Waals surface area contributed by atoms with Crippen LogP contribution in [0.4, 0.5) is 13.2 Å². The van der Waals surface area contributed by atoms with Crippen molar-refractivity contribution < 1.29 is 31.1 Å². The third-order valence-electron chi connectivity index (χ3n) is 8.09. The molecule has 0 N–H and O–H groups in total. The van der Waals surface area contributed by atoms with Crippen LogP contribution in [0.1, 0.15) is 95.3 Å². The molecule has 2 aromatic rings. The molecule has 5 nitrogen and oxygen atoms in total. The SMILES string of the molecule is COc1c(C(C)(C)C)cc(C(=O)N2CCC(C(C)(C)S(=O)(=O)c3cccc(C(F)(F)F)c3)CC2)cc1C(C)(C)C. The van der Waals surface area contributed by atoms with E-state index >= 15 is 0 Å². The molecule has 40 heavy (non-hydrogen) atoms. The van der Waals surface area contributed by atoms with Gasteiger partial charge in [-0.2, -0.15) is 13.2 Å². The van der Waals surface area contributed by atoms with Gasteiger partial charge in [0.1, 0.15) is 5.75 Å². The van der Waals surface area contributed by atoms with Gasteiger partial charge in [-0.15, -0.1) is 0 Å². The lowest BCUT2D eigenvalue weighted by Gasteiger charge is -2.40. The summed E-state index contributed by atoms with van der Waals surface area (Å²) >= 11 is 0. The largest absolute Gasteiger partial charge is 0.496 e. The lowest BCUT2D eigenvalue weighted by atomic mass is 9.78. The molecular weight excluding hydrogens is 539 g/mol. The van der Waals surface area contributed by atoms with Gasteiger partial charge in [0.25, 0.3) is 5.91 Å². The number of hydrogen-bond acceptors (Lipinski definition) is 4.